The molecule has 0 saturated carbocycles. The minimum absolute atomic E-state index is 0. The number of benzene rings is 1. The monoisotopic (exact) mass is 379 g/mol. The molecule has 0 aromatic heterocycles. The number of thiocarbonyl (C=S) groups is 1. The fraction of sp³-hybridized carbons (Fsp3) is 0.308. The average molecular weight is 380 g/mol. The zero-order valence-corrected chi connectivity index (χ0v) is 16.8. The number of para-hydroxylation sites is 1. The summed E-state index contributed by atoms with van der Waals surface area (Å²) in [7, 11) is 0. The Bertz CT molecular complexity index is 492. The molecule has 0 bridgehead atoms. The van der Waals surface area contributed by atoms with Gasteiger partial charge in [0.05, 0.1) is 12.0 Å². The van der Waals surface area contributed by atoms with Gasteiger partial charge in [-0.05, 0) is 11.5 Å². The van der Waals surface area contributed by atoms with Gasteiger partial charge in [-0.3, -0.25) is 4.99 Å². The van der Waals surface area contributed by atoms with Crippen LogP contribution in [0.25, 0.3) is 5.41 Å². The molecule has 0 amide bonds. The maximum absolute atomic E-state index is 11.3. The van der Waals surface area contributed by atoms with Crippen molar-refractivity contribution in [3.8, 4) is 5.75 Å². The molecule has 1 rings (SSSR count). The van der Waals surface area contributed by atoms with Crippen LogP contribution in [0.3, 0.4) is 0 Å². The Hall–Kier alpha value is 0.116. The number of carboxylic acid groups (broad SMARTS) is 1. The molecule has 1 aromatic rings. The minimum atomic E-state index is -1.23. The summed E-state index contributed by atoms with van der Waals surface area (Å²) in [4.78, 5) is 14.6. The Labute approximate surface area is 182 Å². The average Bonchev–Trinajstić information content (AvgIpc) is 2.31. The van der Waals surface area contributed by atoms with Crippen molar-refractivity contribution in [2.75, 3.05) is 0 Å². The molecule has 0 N–H and O–H groups in total. The van der Waals surface area contributed by atoms with E-state index < -0.39 is 12.0 Å². The molecule has 0 spiro atoms. The van der Waals surface area contributed by atoms with Crippen LogP contribution in [0, 0.1) is 5.92 Å². The molecule has 21 heavy (non-hydrogen) atoms. The van der Waals surface area contributed by atoms with Crippen LogP contribution >= 0.6 is 12.2 Å². The normalized spacial score (nSPS) is 10.4. The van der Waals surface area contributed by atoms with E-state index in [-0.39, 0.29) is 80.1 Å². The molecule has 0 aliphatic heterocycles. The van der Waals surface area contributed by atoms with Crippen molar-refractivity contribution in [3.63, 3.8) is 0 Å². The van der Waals surface area contributed by atoms with Crippen LogP contribution in [0.5, 0.6) is 5.75 Å². The Morgan fingerprint density at radius 3 is 2.29 bits per heavy atom. The van der Waals surface area contributed by atoms with Gasteiger partial charge in [-0.1, -0.05) is 50.3 Å². The summed E-state index contributed by atoms with van der Waals surface area (Å²) < 4.78 is 0. The first-order valence-electron chi connectivity index (χ1n) is 5.45. The number of aliphatic imine (C=N–C) groups is 1. The Kier molecular flexibility index (Phi) is 18.6. The fourth-order valence-electron chi connectivity index (χ4n) is 1.25. The first kappa shape index (κ1) is 26.0. The summed E-state index contributed by atoms with van der Waals surface area (Å²) in [6.45, 7) is 3.47. The predicted octanol–water partition coefficient (Wildman–Crippen LogP) is -2.39. The number of aliphatic carboxylic acids is 1. The molecule has 0 saturated heterocycles. The Morgan fingerprint density at radius 1 is 1.43 bits per heavy atom. The van der Waals surface area contributed by atoms with Gasteiger partial charge in [0.25, 0.3) is 0 Å². The van der Waals surface area contributed by atoms with E-state index >= 15 is 0 Å². The van der Waals surface area contributed by atoms with Crippen molar-refractivity contribution in [3.05, 3.63) is 35.2 Å². The number of nitrogens with zero attached hydrogens (tertiary/aromatic N) is 2. The van der Waals surface area contributed by atoms with Gasteiger partial charge in [0.2, 0.25) is 0 Å². The zero-order valence-electron chi connectivity index (χ0n) is 11.9. The molecule has 1 radical (unpaired) electrons. The summed E-state index contributed by atoms with van der Waals surface area (Å²) in [6.07, 6.45) is 1.29. The van der Waals surface area contributed by atoms with Crippen LogP contribution in [-0.4, -0.2) is 23.4 Å². The molecular weight excluding hydrogens is 367 g/mol. The molecule has 1 aromatic carbocycles. The summed E-state index contributed by atoms with van der Waals surface area (Å²) in [6, 6.07) is 5.41. The molecule has 111 valence electrons. The van der Waals surface area contributed by atoms with E-state index in [9.17, 15) is 15.0 Å². The third-order valence-electron chi connectivity index (χ3n) is 2.17. The first-order chi connectivity index (χ1) is 8.93. The molecule has 0 unspecified atom stereocenters. The molecule has 8 heteroatoms. The number of carbonyl (C=O) groups is 1. The third kappa shape index (κ3) is 11.4. The Balaban J connectivity index is -0.000000596. The van der Waals surface area contributed by atoms with Gasteiger partial charge >= 0.3 is 68.5 Å². The number of hydrogen-bond donors (Lipinski definition) is 0. The van der Waals surface area contributed by atoms with E-state index in [1.807, 2.05) is 0 Å². The molecular formula is C13H13CuKN2O3S. The Morgan fingerprint density at radius 2 is 1.90 bits per heavy atom. The van der Waals surface area contributed by atoms with E-state index in [1.54, 1.807) is 32.0 Å². The van der Waals surface area contributed by atoms with Crippen molar-refractivity contribution in [1.29, 1.82) is 0 Å². The van der Waals surface area contributed by atoms with Crippen molar-refractivity contribution in [2.24, 2.45) is 10.9 Å². The standard InChI is InChI=1S/C12H15NO3.CNS.Cu.K/c1-8(2)11(12(15)16)13-7-9-5-3-4-6-10(9)14;2-1-3;;/h3-8,11,14H,1-2H3,(H,15,16);;;/q;-1;+2;+1/p-2/t11-;;;/m0.../s1. The van der Waals surface area contributed by atoms with Crippen molar-refractivity contribution >= 4 is 29.6 Å². The summed E-state index contributed by atoms with van der Waals surface area (Å²) in [5, 5.41) is 30.5. The van der Waals surface area contributed by atoms with Crippen molar-refractivity contribution < 1.29 is 83.5 Å². The van der Waals surface area contributed by atoms with Crippen molar-refractivity contribution in [2.45, 2.75) is 19.9 Å². The second-order valence-corrected chi connectivity index (χ2v) is 4.10. The van der Waals surface area contributed by atoms with Gasteiger partial charge in [0.15, 0.2) is 0 Å². The summed E-state index contributed by atoms with van der Waals surface area (Å²) >= 11 is 3.70. The van der Waals surface area contributed by atoms with Gasteiger partial charge in [0, 0.05) is 6.21 Å². The van der Waals surface area contributed by atoms with Gasteiger partial charge in [-0.15, -0.1) is 5.75 Å². The largest absolute Gasteiger partial charge is 2.00 e. The van der Waals surface area contributed by atoms with Crippen LogP contribution in [-0.2, 0) is 21.9 Å². The molecule has 5 nitrogen and oxygen atoms in total. The number of isothiocyanates is 1. The van der Waals surface area contributed by atoms with E-state index in [0.29, 0.717) is 5.56 Å². The van der Waals surface area contributed by atoms with Gasteiger partial charge in [0.1, 0.15) is 0 Å². The minimum Gasteiger partial charge on any atom is -0.872 e. The van der Waals surface area contributed by atoms with Crippen LogP contribution in [0.2, 0.25) is 0 Å². The topological polar surface area (TPSA) is 97.8 Å². The smallest absolute Gasteiger partial charge is 0.872 e. The SMILES string of the molecule is CC(C)[C@H](N=Cc1ccccc1[O-])C(=O)[O-].[Cu+2].[K+].[N-]=C=S. The van der Waals surface area contributed by atoms with Crippen LogP contribution < -0.4 is 61.6 Å². The third-order valence-corrected chi connectivity index (χ3v) is 2.17. The molecule has 1 atom stereocenters. The van der Waals surface area contributed by atoms with Crippen LogP contribution in [0.1, 0.15) is 19.4 Å². The van der Waals surface area contributed by atoms with E-state index in [2.05, 4.69) is 17.2 Å². The first-order valence-corrected chi connectivity index (χ1v) is 5.86. The van der Waals surface area contributed by atoms with Crippen LogP contribution in [0.4, 0.5) is 0 Å². The number of rotatable bonds is 4. The van der Waals surface area contributed by atoms with Gasteiger partial charge < -0.3 is 20.4 Å². The fourth-order valence-corrected chi connectivity index (χ4v) is 1.25. The summed E-state index contributed by atoms with van der Waals surface area (Å²) in [5.41, 5.74) is 0.384. The molecule has 0 aliphatic rings. The van der Waals surface area contributed by atoms with Gasteiger partial charge in [-0.2, -0.15) is 5.16 Å². The van der Waals surface area contributed by atoms with Gasteiger partial charge in [-0.25, -0.2) is 0 Å². The second-order valence-electron chi connectivity index (χ2n) is 3.92. The van der Waals surface area contributed by atoms with E-state index in [1.165, 1.54) is 17.4 Å². The quantitative estimate of drug-likeness (QED) is 0.331. The number of carboxylic acids is 1. The maximum atomic E-state index is 11.3. The van der Waals surface area contributed by atoms with Crippen LogP contribution in [0.15, 0.2) is 29.3 Å². The van der Waals surface area contributed by atoms with E-state index in [0.717, 1.165) is 0 Å². The number of hydrogen-bond acceptors (Lipinski definition) is 5. The second kappa shape index (κ2) is 15.0. The maximum Gasteiger partial charge on any atom is 2.00 e. The molecule has 0 heterocycles. The molecule has 0 aliphatic carbocycles. The van der Waals surface area contributed by atoms with Crippen molar-refractivity contribution in [1.82, 2.24) is 0 Å². The zero-order chi connectivity index (χ0) is 14.8. The summed E-state index contributed by atoms with van der Waals surface area (Å²) in [5.74, 6) is -1.57. The van der Waals surface area contributed by atoms with E-state index in [4.69, 9.17) is 5.41 Å². The number of carbonyl (C=O) groups excluding carboxylic acids is 1. The predicted molar refractivity (Wildman–Crippen MR) is 73.1 cm³/mol. The molecule has 0 fully saturated rings.